The summed E-state index contributed by atoms with van der Waals surface area (Å²) in [6.45, 7) is 3.87. The summed E-state index contributed by atoms with van der Waals surface area (Å²) in [5.41, 5.74) is -2.37. The quantitative estimate of drug-likeness (QED) is 0.680. The normalized spacial score (nSPS) is 27.5. The number of ketones is 1. The van der Waals surface area contributed by atoms with E-state index < -0.39 is 34.4 Å². The topological polar surface area (TPSA) is 93.3 Å². The standard InChI is InChI=1S/C21H23F2N3O4/c1-12(2)16-8-21(16,18(28)29)24-20(9-17(20)27)11-26-4-3-25(19(26)30)10-13-5-14(22)7-15(23)6-13/h3-7,12,16,24H,8-11H2,1-2H3,(H,28,29). The Morgan fingerprint density at radius 2 is 1.80 bits per heavy atom. The molecule has 30 heavy (non-hydrogen) atoms. The zero-order chi connectivity index (χ0) is 21.8. The number of carbonyl (C=O) groups is 2. The van der Waals surface area contributed by atoms with Gasteiger partial charge in [-0.1, -0.05) is 13.8 Å². The lowest BCUT2D eigenvalue weighted by atomic mass is 10.0. The van der Waals surface area contributed by atoms with Gasteiger partial charge in [-0.3, -0.25) is 24.0 Å². The van der Waals surface area contributed by atoms with Crippen molar-refractivity contribution in [2.24, 2.45) is 11.8 Å². The SMILES string of the molecule is CC(C)C1CC1(NC1(Cn2ccn(Cc3cc(F)cc(F)c3)c2=O)CC1=O)C(=O)O. The van der Waals surface area contributed by atoms with Crippen LogP contribution in [0.5, 0.6) is 0 Å². The highest BCUT2D eigenvalue weighted by atomic mass is 19.1. The fourth-order valence-electron chi connectivity index (χ4n) is 4.37. The minimum atomic E-state index is -1.15. The molecule has 0 bridgehead atoms. The van der Waals surface area contributed by atoms with Crippen molar-refractivity contribution in [1.82, 2.24) is 14.5 Å². The minimum absolute atomic E-state index is 0.00895. The molecule has 3 unspecified atom stereocenters. The molecule has 2 fully saturated rings. The first-order valence-corrected chi connectivity index (χ1v) is 9.83. The Morgan fingerprint density at radius 1 is 1.20 bits per heavy atom. The van der Waals surface area contributed by atoms with E-state index in [0.29, 0.717) is 12.0 Å². The summed E-state index contributed by atoms with van der Waals surface area (Å²) in [5, 5.41) is 12.8. The Morgan fingerprint density at radius 3 is 2.30 bits per heavy atom. The summed E-state index contributed by atoms with van der Waals surface area (Å²) in [5.74, 6) is -2.51. The van der Waals surface area contributed by atoms with Crippen LogP contribution in [0.25, 0.3) is 0 Å². The van der Waals surface area contributed by atoms with E-state index in [0.717, 1.165) is 18.2 Å². The zero-order valence-corrected chi connectivity index (χ0v) is 16.7. The highest BCUT2D eigenvalue weighted by Crippen LogP contribution is 2.52. The van der Waals surface area contributed by atoms with Crippen molar-refractivity contribution >= 4 is 11.8 Å². The van der Waals surface area contributed by atoms with E-state index in [-0.39, 0.29) is 37.1 Å². The van der Waals surface area contributed by atoms with Gasteiger partial charge in [0.15, 0.2) is 5.78 Å². The number of carbonyl (C=O) groups excluding carboxylic acids is 1. The van der Waals surface area contributed by atoms with Crippen molar-refractivity contribution in [3.63, 3.8) is 0 Å². The van der Waals surface area contributed by atoms with Crippen LogP contribution in [0.4, 0.5) is 8.78 Å². The summed E-state index contributed by atoms with van der Waals surface area (Å²) in [6, 6.07) is 3.05. The van der Waals surface area contributed by atoms with Crippen LogP contribution in [0.1, 0.15) is 32.3 Å². The molecule has 1 aromatic carbocycles. The average molecular weight is 419 g/mol. The molecule has 3 atom stereocenters. The third-order valence-electron chi connectivity index (χ3n) is 6.17. The van der Waals surface area contributed by atoms with Crippen molar-refractivity contribution in [2.45, 2.75) is 50.9 Å². The highest BCUT2D eigenvalue weighted by Gasteiger charge is 2.68. The molecular weight excluding hydrogens is 396 g/mol. The van der Waals surface area contributed by atoms with Gasteiger partial charge in [0.25, 0.3) is 0 Å². The summed E-state index contributed by atoms with van der Waals surface area (Å²) < 4.78 is 29.4. The lowest BCUT2D eigenvalue weighted by molar-refractivity contribution is -0.142. The van der Waals surface area contributed by atoms with Crippen molar-refractivity contribution < 1.29 is 23.5 Å². The molecule has 2 saturated carbocycles. The van der Waals surface area contributed by atoms with E-state index in [9.17, 15) is 28.3 Å². The maximum absolute atomic E-state index is 13.4. The number of aromatic nitrogens is 2. The van der Waals surface area contributed by atoms with Gasteiger partial charge in [-0.15, -0.1) is 0 Å². The molecule has 0 amide bonds. The largest absolute Gasteiger partial charge is 0.480 e. The van der Waals surface area contributed by atoms with Crippen LogP contribution < -0.4 is 11.0 Å². The number of halogens is 2. The molecule has 4 rings (SSSR count). The average Bonchev–Trinajstić information content (AvgIpc) is 3.49. The molecule has 2 N–H and O–H groups in total. The molecule has 7 nitrogen and oxygen atoms in total. The molecule has 1 aromatic heterocycles. The second kappa shape index (κ2) is 6.87. The fourth-order valence-corrected chi connectivity index (χ4v) is 4.37. The van der Waals surface area contributed by atoms with E-state index >= 15 is 0 Å². The molecule has 0 aliphatic heterocycles. The number of hydrogen-bond donors (Lipinski definition) is 2. The van der Waals surface area contributed by atoms with Gasteiger partial charge >= 0.3 is 11.7 Å². The third-order valence-corrected chi connectivity index (χ3v) is 6.17. The third kappa shape index (κ3) is 3.47. The second-order valence-electron chi connectivity index (χ2n) is 8.75. The fraction of sp³-hybridized carbons (Fsp3) is 0.476. The van der Waals surface area contributed by atoms with E-state index in [1.54, 1.807) is 0 Å². The Bertz CT molecular complexity index is 1070. The summed E-state index contributed by atoms with van der Waals surface area (Å²) in [4.78, 5) is 36.9. The maximum Gasteiger partial charge on any atom is 0.328 e. The number of nitrogens with zero attached hydrogens (tertiary/aromatic N) is 2. The molecule has 2 aromatic rings. The lowest BCUT2D eigenvalue weighted by Crippen LogP contribution is -2.52. The Balaban J connectivity index is 1.53. The highest BCUT2D eigenvalue weighted by molar-refractivity contribution is 6.06. The Hall–Kier alpha value is -2.81. The second-order valence-corrected chi connectivity index (χ2v) is 8.75. The van der Waals surface area contributed by atoms with Crippen LogP contribution in [0, 0.1) is 23.5 Å². The monoisotopic (exact) mass is 419 g/mol. The molecule has 1 heterocycles. The summed E-state index contributed by atoms with van der Waals surface area (Å²) in [6.07, 6.45) is 3.57. The number of hydrogen-bond acceptors (Lipinski definition) is 4. The summed E-state index contributed by atoms with van der Waals surface area (Å²) >= 11 is 0. The number of Topliss-reactive ketones (excluding diaryl/α,β-unsaturated/α-hetero) is 1. The first kappa shape index (κ1) is 20.5. The van der Waals surface area contributed by atoms with Gasteiger partial charge in [0.1, 0.15) is 22.7 Å². The molecule has 2 aliphatic carbocycles. The molecule has 160 valence electrons. The van der Waals surface area contributed by atoms with Gasteiger partial charge in [-0.05, 0) is 36.0 Å². The first-order chi connectivity index (χ1) is 14.1. The van der Waals surface area contributed by atoms with Crippen molar-refractivity contribution in [3.8, 4) is 0 Å². The molecular formula is C21H23F2N3O4. The number of carboxylic acids is 1. The van der Waals surface area contributed by atoms with Gasteiger partial charge < -0.3 is 5.11 Å². The number of aliphatic carboxylic acids is 1. The lowest BCUT2D eigenvalue weighted by Gasteiger charge is -2.23. The number of rotatable bonds is 8. The van der Waals surface area contributed by atoms with Crippen LogP contribution >= 0.6 is 0 Å². The molecule has 0 saturated heterocycles. The van der Waals surface area contributed by atoms with E-state index in [1.165, 1.54) is 21.5 Å². The van der Waals surface area contributed by atoms with Gasteiger partial charge in [-0.25, -0.2) is 13.6 Å². The molecule has 0 radical (unpaired) electrons. The predicted octanol–water partition coefficient (Wildman–Crippen LogP) is 1.78. The number of benzene rings is 1. The van der Waals surface area contributed by atoms with Gasteiger partial charge in [0, 0.05) is 24.9 Å². The van der Waals surface area contributed by atoms with Gasteiger partial charge in [-0.2, -0.15) is 0 Å². The van der Waals surface area contributed by atoms with Crippen LogP contribution in [0.2, 0.25) is 0 Å². The number of nitrogens with one attached hydrogen (secondary N) is 1. The van der Waals surface area contributed by atoms with Gasteiger partial charge in [0.2, 0.25) is 0 Å². The van der Waals surface area contributed by atoms with Crippen LogP contribution in [-0.2, 0) is 22.7 Å². The van der Waals surface area contributed by atoms with E-state index in [2.05, 4.69) is 5.32 Å². The molecule has 2 aliphatic rings. The minimum Gasteiger partial charge on any atom is -0.480 e. The van der Waals surface area contributed by atoms with Crippen LogP contribution in [0.3, 0.4) is 0 Å². The predicted molar refractivity (Wildman–Crippen MR) is 103 cm³/mol. The van der Waals surface area contributed by atoms with Crippen LogP contribution in [-0.4, -0.2) is 37.1 Å². The Kier molecular flexibility index (Phi) is 4.68. The smallest absolute Gasteiger partial charge is 0.328 e. The van der Waals surface area contributed by atoms with Gasteiger partial charge in [0.05, 0.1) is 13.1 Å². The van der Waals surface area contributed by atoms with Crippen molar-refractivity contribution in [3.05, 3.63) is 58.3 Å². The summed E-state index contributed by atoms with van der Waals surface area (Å²) in [7, 11) is 0. The van der Waals surface area contributed by atoms with E-state index in [4.69, 9.17) is 0 Å². The number of carboxylic acid groups (broad SMARTS) is 1. The maximum atomic E-state index is 13.4. The zero-order valence-electron chi connectivity index (χ0n) is 16.7. The van der Waals surface area contributed by atoms with E-state index in [1.807, 2.05) is 13.8 Å². The number of imidazole rings is 1. The molecule has 9 heteroatoms. The van der Waals surface area contributed by atoms with Crippen LogP contribution in [0.15, 0.2) is 35.4 Å². The van der Waals surface area contributed by atoms with Crippen molar-refractivity contribution in [2.75, 3.05) is 0 Å². The van der Waals surface area contributed by atoms with Crippen molar-refractivity contribution in [1.29, 1.82) is 0 Å². The first-order valence-electron chi connectivity index (χ1n) is 9.83. The Labute approximate surface area is 171 Å². The molecule has 0 spiro atoms.